The van der Waals surface area contributed by atoms with Crippen molar-refractivity contribution >= 4 is 39.3 Å². The molecule has 0 bridgehead atoms. The van der Waals surface area contributed by atoms with Crippen molar-refractivity contribution in [2.24, 2.45) is 0 Å². The van der Waals surface area contributed by atoms with Gasteiger partial charge in [0, 0.05) is 28.2 Å². The molecule has 10 heteroatoms. The van der Waals surface area contributed by atoms with Gasteiger partial charge in [-0.1, -0.05) is 28.1 Å². The van der Waals surface area contributed by atoms with E-state index in [9.17, 15) is 19.7 Å². The molecular weight excluding hydrogens is 456 g/mol. The third-order valence-corrected chi connectivity index (χ3v) is 4.63. The van der Waals surface area contributed by atoms with Crippen molar-refractivity contribution in [3.63, 3.8) is 0 Å². The quantitative estimate of drug-likeness (QED) is 0.315. The molecule has 30 heavy (non-hydrogen) atoms. The van der Waals surface area contributed by atoms with Gasteiger partial charge in [0.2, 0.25) is 0 Å². The van der Waals surface area contributed by atoms with Gasteiger partial charge in [0.25, 0.3) is 11.6 Å². The summed E-state index contributed by atoms with van der Waals surface area (Å²) >= 11 is 3.38. The number of rotatable bonds is 7. The zero-order valence-electron chi connectivity index (χ0n) is 15.9. The first-order chi connectivity index (χ1) is 14.4. The number of nitrogens with zero attached hydrogens (tertiary/aromatic N) is 3. The molecule has 3 rings (SSSR count). The lowest BCUT2D eigenvalue weighted by atomic mass is 10.1. The molecule has 0 spiro atoms. The number of anilines is 1. The summed E-state index contributed by atoms with van der Waals surface area (Å²) in [4.78, 5) is 35.3. The molecule has 2 aromatic carbocycles. The number of hydrogen-bond acceptors (Lipinski definition) is 6. The van der Waals surface area contributed by atoms with Crippen molar-refractivity contribution in [2.75, 3.05) is 11.9 Å². The maximum Gasteiger partial charge on any atom is 0.338 e. The molecule has 9 nitrogen and oxygen atoms in total. The van der Waals surface area contributed by atoms with E-state index in [0.29, 0.717) is 12.4 Å². The molecule has 1 aromatic heterocycles. The van der Waals surface area contributed by atoms with Gasteiger partial charge in [-0.05, 0) is 30.7 Å². The van der Waals surface area contributed by atoms with E-state index in [-0.39, 0.29) is 23.4 Å². The van der Waals surface area contributed by atoms with E-state index in [1.165, 1.54) is 12.3 Å². The number of nitro groups is 1. The van der Waals surface area contributed by atoms with Gasteiger partial charge >= 0.3 is 5.97 Å². The summed E-state index contributed by atoms with van der Waals surface area (Å²) in [5.74, 6) is -0.940. The highest BCUT2D eigenvalue weighted by Gasteiger charge is 2.19. The van der Waals surface area contributed by atoms with Gasteiger partial charge in [0.1, 0.15) is 5.82 Å². The highest BCUT2D eigenvalue weighted by molar-refractivity contribution is 9.10. The number of esters is 1. The number of non-ortho nitro benzene ring substituents is 1. The zero-order valence-corrected chi connectivity index (χ0v) is 17.5. The number of carbonyl (C=O) groups is 2. The van der Waals surface area contributed by atoms with Gasteiger partial charge in [-0.15, -0.1) is 0 Å². The van der Waals surface area contributed by atoms with E-state index in [4.69, 9.17) is 4.74 Å². The molecular formula is C20H17BrN4O5. The number of ether oxygens (including phenoxy) is 1. The van der Waals surface area contributed by atoms with Crippen LogP contribution in [-0.4, -0.2) is 33.2 Å². The Bertz CT molecular complexity index is 1090. The Labute approximate surface area is 179 Å². The Morgan fingerprint density at radius 3 is 2.53 bits per heavy atom. The molecule has 0 aliphatic carbocycles. The first kappa shape index (κ1) is 21.2. The van der Waals surface area contributed by atoms with Crippen LogP contribution < -0.4 is 5.32 Å². The van der Waals surface area contributed by atoms with Crippen LogP contribution in [0.2, 0.25) is 0 Å². The smallest absolute Gasteiger partial charge is 0.338 e. The van der Waals surface area contributed by atoms with Gasteiger partial charge < -0.3 is 10.1 Å². The number of amides is 1. The van der Waals surface area contributed by atoms with Crippen LogP contribution in [0.4, 0.5) is 11.5 Å². The third-order valence-electron chi connectivity index (χ3n) is 4.11. The summed E-state index contributed by atoms with van der Waals surface area (Å²) in [6.45, 7) is 2.15. The van der Waals surface area contributed by atoms with Crippen LogP contribution in [0.25, 0.3) is 0 Å². The molecule has 0 aliphatic rings. The summed E-state index contributed by atoms with van der Waals surface area (Å²) in [6, 6.07) is 12.7. The van der Waals surface area contributed by atoms with Crippen molar-refractivity contribution in [2.45, 2.75) is 13.5 Å². The Morgan fingerprint density at radius 2 is 1.87 bits per heavy atom. The molecule has 0 fully saturated rings. The van der Waals surface area contributed by atoms with Gasteiger partial charge in [-0.25, -0.2) is 9.48 Å². The van der Waals surface area contributed by atoms with Crippen molar-refractivity contribution in [3.8, 4) is 0 Å². The van der Waals surface area contributed by atoms with Crippen LogP contribution in [-0.2, 0) is 11.3 Å². The standard InChI is InChI=1S/C20H17BrN4O5/c1-2-30-20(27)15-9-14(10-17(11-15)25(28)29)19(26)23-18-7-8-22-24(18)12-13-3-5-16(21)6-4-13/h3-11H,2,12H2,1H3,(H,23,26). The largest absolute Gasteiger partial charge is 0.462 e. The SMILES string of the molecule is CCOC(=O)c1cc(C(=O)Nc2ccnn2Cc2ccc(Br)cc2)cc([N+](=O)[O-])c1. The molecule has 0 unspecified atom stereocenters. The van der Waals surface area contributed by atoms with Crippen LogP contribution >= 0.6 is 15.9 Å². The number of aromatic nitrogens is 2. The van der Waals surface area contributed by atoms with Crippen LogP contribution in [0.1, 0.15) is 33.2 Å². The minimum absolute atomic E-state index is 0.0383. The number of benzene rings is 2. The lowest BCUT2D eigenvalue weighted by Crippen LogP contribution is -2.17. The van der Waals surface area contributed by atoms with E-state index in [1.54, 1.807) is 17.7 Å². The average Bonchev–Trinajstić information content (AvgIpc) is 3.16. The fourth-order valence-electron chi connectivity index (χ4n) is 2.70. The molecule has 0 aliphatic heterocycles. The van der Waals surface area contributed by atoms with Crippen molar-refractivity contribution < 1.29 is 19.2 Å². The lowest BCUT2D eigenvalue weighted by molar-refractivity contribution is -0.384. The zero-order chi connectivity index (χ0) is 21.7. The topological polar surface area (TPSA) is 116 Å². The molecule has 0 atom stereocenters. The van der Waals surface area contributed by atoms with Gasteiger partial charge in [-0.3, -0.25) is 14.9 Å². The summed E-state index contributed by atoms with van der Waals surface area (Å²) in [5, 5.41) is 18.1. The number of carbonyl (C=O) groups excluding carboxylic acids is 2. The van der Waals surface area contributed by atoms with E-state index in [0.717, 1.165) is 22.2 Å². The van der Waals surface area contributed by atoms with E-state index in [2.05, 4.69) is 26.3 Å². The second-order valence-electron chi connectivity index (χ2n) is 6.20. The van der Waals surface area contributed by atoms with E-state index in [1.807, 2.05) is 24.3 Å². The van der Waals surface area contributed by atoms with Crippen molar-refractivity contribution in [1.82, 2.24) is 9.78 Å². The fraction of sp³-hybridized carbons (Fsp3) is 0.150. The molecule has 1 N–H and O–H groups in total. The van der Waals surface area contributed by atoms with Crippen LogP contribution in [0.3, 0.4) is 0 Å². The Hall–Kier alpha value is -3.53. The second kappa shape index (κ2) is 9.31. The first-order valence-corrected chi connectivity index (χ1v) is 9.71. The fourth-order valence-corrected chi connectivity index (χ4v) is 2.96. The lowest BCUT2D eigenvalue weighted by Gasteiger charge is -2.10. The van der Waals surface area contributed by atoms with Gasteiger partial charge in [-0.2, -0.15) is 5.10 Å². The minimum Gasteiger partial charge on any atom is -0.462 e. The monoisotopic (exact) mass is 472 g/mol. The van der Waals surface area contributed by atoms with E-state index >= 15 is 0 Å². The molecule has 3 aromatic rings. The number of hydrogen-bond donors (Lipinski definition) is 1. The molecule has 1 amide bonds. The van der Waals surface area contributed by atoms with Crippen LogP contribution in [0.15, 0.2) is 59.2 Å². The summed E-state index contributed by atoms with van der Waals surface area (Å²) in [5.41, 5.74) is 0.481. The summed E-state index contributed by atoms with van der Waals surface area (Å²) in [6.07, 6.45) is 1.53. The molecule has 154 valence electrons. The maximum absolute atomic E-state index is 12.7. The van der Waals surface area contributed by atoms with Gasteiger partial charge in [0.05, 0.1) is 29.8 Å². The number of halogens is 1. The average molecular weight is 473 g/mol. The van der Waals surface area contributed by atoms with Gasteiger partial charge in [0.15, 0.2) is 0 Å². The highest BCUT2D eigenvalue weighted by Crippen LogP contribution is 2.20. The summed E-state index contributed by atoms with van der Waals surface area (Å²) < 4.78 is 7.42. The maximum atomic E-state index is 12.7. The van der Waals surface area contributed by atoms with Crippen molar-refractivity contribution in [3.05, 3.63) is 86.0 Å². The predicted octanol–water partition coefficient (Wildman–Crippen LogP) is 4.03. The van der Waals surface area contributed by atoms with Crippen molar-refractivity contribution in [1.29, 1.82) is 0 Å². The molecule has 1 heterocycles. The van der Waals surface area contributed by atoms with E-state index < -0.39 is 16.8 Å². The van der Waals surface area contributed by atoms with Crippen LogP contribution in [0.5, 0.6) is 0 Å². The third kappa shape index (κ3) is 5.09. The first-order valence-electron chi connectivity index (χ1n) is 8.91. The Morgan fingerprint density at radius 1 is 1.17 bits per heavy atom. The molecule has 0 radical (unpaired) electrons. The molecule has 0 saturated carbocycles. The Balaban J connectivity index is 1.84. The minimum atomic E-state index is -0.740. The predicted molar refractivity (Wildman–Crippen MR) is 112 cm³/mol. The molecule has 0 saturated heterocycles. The second-order valence-corrected chi connectivity index (χ2v) is 7.12. The number of nitro benzene ring substituents is 1. The summed E-state index contributed by atoms with van der Waals surface area (Å²) in [7, 11) is 0. The normalized spacial score (nSPS) is 10.5. The van der Waals surface area contributed by atoms with Crippen LogP contribution in [0, 0.1) is 10.1 Å². The highest BCUT2D eigenvalue weighted by atomic mass is 79.9. The number of nitrogens with one attached hydrogen (secondary N) is 1. The Kier molecular flexibility index (Phi) is 6.58.